The number of halogens is 4. The second kappa shape index (κ2) is 11.5. The van der Waals surface area contributed by atoms with E-state index in [9.17, 15) is 17.6 Å². The van der Waals surface area contributed by atoms with Gasteiger partial charge < -0.3 is 9.88 Å². The average molecular weight is 556 g/mol. The van der Waals surface area contributed by atoms with Crippen LogP contribution in [0.5, 0.6) is 0 Å². The summed E-state index contributed by atoms with van der Waals surface area (Å²) in [5.41, 5.74) is 2.11. The lowest BCUT2D eigenvalue weighted by atomic mass is 9.82. The molecule has 5 rings (SSSR count). The third-order valence-corrected chi connectivity index (χ3v) is 7.75. The van der Waals surface area contributed by atoms with E-state index < -0.39 is 18.1 Å². The number of anilines is 2. The number of benzene rings is 1. The first kappa shape index (κ1) is 27.9. The molecule has 0 saturated carbocycles. The lowest BCUT2D eigenvalue weighted by Crippen LogP contribution is -2.38. The number of imidazole rings is 1. The number of aryl methyl sites for hydroxylation is 1. The van der Waals surface area contributed by atoms with E-state index in [0.717, 1.165) is 24.6 Å². The zero-order chi connectivity index (χ0) is 28.6. The number of nitrogens with zero attached hydrogens (tertiary/aromatic N) is 6. The minimum absolute atomic E-state index is 0.0316. The summed E-state index contributed by atoms with van der Waals surface area (Å²) in [6, 6.07) is 6.75. The van der Waals surface area contributed by atoms with Crippen LogP contribution in [0.2, 0.25) is 0 Å². The summed E-state index contributed by atoms with van der Waals surface area (Å²) in [7, 11) is 0. The first-order valence-corrected chi connectivity index (χ1v) is 13.5. The van der Waals surface area contributed by atoms with E-state index in [-0.39, 0.29) is 41.2 Å². The summed E-state index contributed by atoms with van der Waals surface area (Å²) in [6.07, 6.45) is 2.26. The Balaban J connectivity index is 1.32. The van der Waals surface area contributed by atoms with Gasteiger partial charge in [0.15, 0.2) is 11.6 Å². The number of pyridine rings is 1. The van der Waals surface area contributed by atoms with E-state index in [1.54, 1.807) is 18.3 Å². The van der Waals surface area contributed by atoms with Gasteiger partial charge in [0, 0.05) is 17.8 Å². The molecule has 40 heavy (non-hydrogen) atoms. The second-order valence-corrected chi connectivity index (χ2v) is 10.8. The molecule has 212 valence electrons. The molecule has 4 heterocycles. The molecular weight excluding hydrogens is 522 g/mol. The second-order valence-electron chi connectivity index (χ2n) is 10.8. The monoisotopic (exact) mass is 555 g/mol. The number of nitrogens with one attached hydrogen (secondary N) is 1. The molecule has 0 aliphatic carbocycles. The van der Waals surface area contributed by atoms with Gasteiger partial charge in [-0.1, -0.05) is 13.0 Å². The van der Waals surface area contributed by atoms with E-state index in [2.05, 4.69) is 32.2 Å². The molecule has 0 amide bonds. The van der Waals surface area contributed by atoms with Gasteiger partial charge in [-0.25, -0.2) is 37.5 Å². The van der Waals surface area contributed by atoms with Crippen molar-refractivity contribution in [1.82, 2.24) is 29.4 Å². The molecular formula is C29H33F4N7. The molecule has 0 bridgehead atoms. The van der Waals surface area contributed by atoms with Crippen molar-refractivity contribution < 1.29 is 17.6 Å². The van der Waals surface area contributed by atoms with Crippen molar-refractivity contribution >= 4 is 22.8 Å². The topological polar surface area (TPSA) is 71.8 Å². The SMILES string of the molecule is Cc1nc2c(F)cc(-c3nc(Nc4ccc(C(C)C5CCN(CC(F)F)CC5)cn4)ncc3F)cc2n1C(C)C. The first-order chi connectivity index (χ1) is 19.1. The van der Waals surface area contributed by atoms with Gasteiger partial charge in [0.1, 0.15) is 22.9 Å². The summed E-state index contributed by atoms with van der Waals surface area (Å²) in [4.78, 5) is 19.0. The predicted octanol–water partition coefficient (Wildman–Crippen LogP) is 6.88. The fraction of sp³-hybridized carbons (Fsp3) is 0.448. The highest BCUT2D eigenvalue weighted by atomic mass is 19.3. The average Bonchev–Trinajstić information content (AvgIpc) is 3.26. The third kappa shape index (κ3) is 5.79. The van der Waals surface area contributed by atoms with E-state index in [1.807, 2.05) is 36.3 Å². The number of hydrogen-bond donors (Lipinski definition) is 1. The molecule has 4 aromatic rings. The van der Waals surface area contributed by atoms with Crippen LogP contribution in [-0.4, -0.2) is 55.5 Å². The van der Waals surface area contributed by atoms with Crippen LogP contribution in [0.25, 0.3) is 22.3 Å². The largest absolute Gasteiger partial charge is 0.326 e. The Morgan fingerprint density at radius 3 is 2.38 bits per heavy atom. The van der Waals surface area contributed by atoms with Gasteiger partial charge in [0.05, 0.1) is 18.3 Å². The Labute approximate surface area is 230 Å². The van der Waals surface area contributed by atoms with Crippen LogP contribution >= 0.6 is 0 Å². The molecule has 1 fully saturated rings. The number of piperidine rings is 1. The van der Waals surface area contributed by atoms with Crippen LogP contribution in [0.15, 0.2) is 36.7 Å². The normalized spacial score (nSPS) is 15.8. The van der Waals surface area contributed by atoms with Crippen LogP contribution in [0.3, 0.4) is 0 Å². The molecule has 0 spiro atoms. The Morgan fingerprint density at radius 1 is 0.975 bits per heavy atom. The Morgan fingerprint density at radius 2 is 1.73 bits per heavy atom. The maximum atomic E-state index is 15.0. The van der Waals surface area contributed by atoms with Crippen molar-refractivity contribution in [2.45, 2.75) is 58.9 Å². The minimum atomic E-state index is -2.30. The van der Waals surface area contributed by atoms with Gasteiger partial charge in [-0.05, 0) is 82.3 Å². The van der Waals surface area contributed by atoms with Crippen LogP contribution in [0.4, 0.5) is 29.3 Å². The molecule has 1 unspecified atom stereocenters. The quantitative estimate of drug-likeness (QED) is 0.239. The molecule has 7 nitrogen and oxygen atoms in total. The maximum Gasteiger partial charge on any atom is 0.251 e. The highest BCUT2D eigenvalue weighted by molar-refractivity contribution is 5.83. The molecule has 1 aliphatic heterocycles. The fourth-order valence-electron chi connectivity index (χ4n) is 5.65. The summed E-state index contributed by atoms with van der Waals surface area (Å²) < 4.78 is 57.1. The van der Waals surface area contributed by atoms with Gasteiger partial charge in [-0.2, -0.15) is 0 Å². The van der Waals surface area contributed by atoms with Crippen molar-refractivity contribution in [2.24, 2.45) is 5.92 Å². The Hall–Kier alpha value is -3.60. The van der Waals surface area contributed by atoms with Crippen LogP contribution < -0.4 is 5.32 Å². The van der Waals surface area contributed by atoms with Gasteiger partial charge >= 0.3 is 0 Å². The molecule has 1 aliphatic rings. The number of alkyl halides is 2. The summed E-state index contributed by atoms with van der Waals surface area (Å²) in [6.45, 7) is 9.08. The third-order valence-electron chi connectivity index (χ3n) is 7.75. The summed E-state index contributed by atoms with van der Waals surface area (Å²) in [5.74, 6) is 0.692. The van der Waals surface area contributed by atoms with Crippen LogP contribution in [0.1, 0.15) is 57.0 Å². The van der Waals surface area contributed by atoms with Gasteiger partial charge in [-0.15, -0.1) is 0 Å². The van der Waals surface area contributed by atoms with E-state index >= 15 is 0 Å². The van der Waals surface area contributed by atoms with Crippen LogP contribution in [-0.2, 0) is 0 Å². The number of aromatic nitrogens is 5. The molecule has 1 N–H and O–H groups in total. The van der Waals surface area contributed by atoms with Crippen molar-refractivity contribution in [3.05, 3.63) is 59.7 Å². The fourth-order valence-corrected chi connectivity index (χ4v) is 5.65. The zero-order valence-corrected chi connectivity index (χ0v) is 23.0. The van der Waals surface area contributed by atoms with Crippen molar-refractivity contribution in [2.75, 3.05) is 25.0 Å². The van der Waals surface area contributed by atoms with Gasteiger partial charge in [0.2, 0.25) is 5.95 Å². The number of hydrogen-bond acceptors (Lipinski definition) is 6. The molecule has 1 atom stereocenters. The predicted molar refractivity (Wildman–Crippen MR) is 147 cm³/mol. The maximum absolute atomic E-state index is 15.0. The Bertz CT molecular complexity index is 1480. The van der Waals surface area contributed by atoms with Crippen molar-refractivity contribution in [3.63, 3.8) is 0 Å². The Kier molecular flexibility index (Phi) is 8.02. The highest BCUT2D eigenvalue weighted by Crippen LogP contribution is 2.33. The van der Waals surface area contributed by atoms with E-state index in [4.69, 9.17) is 0 Å². The highest BCUT2D eigenvalue weighted by Gasteiger charge is 2.26. The lowest BCUT2D eigenvalue weighted by Gasteiger charge is -2.34. The van der Waals surface area contributed by atoms with Crippen molar-refractivity contribution in [3.8, 4) is 11.3 Å². The van der Waals surface area contributed by atoms with Gasteiger partial charge in [-0.3, -0.25) is 4.90 Å². The molecule has 11 heteroatoms. The molecule has 1 aromatic carbocycles. The lowest BCUT2D eigenvalue weighted by molar-refractivity contribution is 0.0664. The van der Waals surface area contributed by atoms with Crippen LogP contribution in [0, 0.1) is 24.5 Å². The van der Waals surface area contributed by atoms with Gasteiger partial charge in [0.25, 0.3) is 6.43 Å². The molecule has 1 saturated heterocycles. The number of fused-ring (bicyclic) bond motifs is 1. The smallest absolute Gasteiger partial charge is 0.251 e. The number of likely N-dealkylation sites (tertiary alicyclic amines) is 1. The minimum Gasteiger partial charge on any atom is -0.326 e. The first-order valence-electron chi connectivity index (χ1n) is 13.5. The molecule has 0 radical (unpaired) electrons. The van der Waals surface area contributed by atoms with E-state index in [1.165, 1.54) is 6.07 Å². The van der Waals surface area contributed by atoms with Crippen molar-refractivity contribution in [1.29, 1.82) is 0 Å². The summed E-state index contributed by atoms with van der Waals surface area (Å²) >= 11 is 0. The zero-order valence-electron chi connectivity index (χ0n) is 23.0. The molecule has 3 aromatic heterocycles. The standard InChI is InChI=1S/C29H33F4N7/c1-16(2)40-18(4)36-28-22(30)11-21(12-24(28)40)27-23(31)14-35-29(38-27)37-26-6-5-20(13-34-26)17(3)19-7-9-39(10-8-19)15-25(32)33/h5-6,11-14,16-17,19,25H,7-10,15H2,1-4H3,(H,34,35,37,38). The van der Waals surface area contributed by atoms with E-state index in [0.29, 0.717) is 36.2 Å². The summed E-state index contributed by atoms with van der Waals surface area (Å²) in [5, 5.41) is 3.01. The number of rotatable bonds is 8.